The van der Waals surface area contributed by atoms with Crippen molar-refractivity contribution < 1.29 is 0 Å². The molecule has 1 aliphatic heterocycles. The second kappa shape index (κ2) is 5.84. The average molecular weight is 261 g/mol. The maximum Gasteiger partial charge on any atom is 0.222 e. The van der Waals surface area contributed by atoms with Crippen LogP contribution < -0.4 is 11.1 Å². The third-order valence-corrected chi connectivity index (χ3v) is 4.37. The lowest BCUT2D eigenvalue weighted by molar-refractivity contribution is 0.184. The zero-order valence-corrected chi connectivity index (χ0v) is 11.3. The monoisotopic (exact) mass is 261 g/mol. The summed E-state index contributed by atoms with van der Waals surface area (Å²) in [5.41, 5.74) is 5.99. The Hall–Kier alpha value is -1.20. The highest BCUT2D eigenvalue weighted by molar-refractivity contribution is 5.24. The van der Waals surface area contributed by atoms with Crippen molar-refractivity contribution in [3.63, 3.8) is 0 Å². The fourth-order valence-electron chi connectivity index (χ4n) is 3.29. The van der Waals surface area contributed by atoms with E-state index in [0.717, 1.165) is 25.0 Å². The fraction of sp³-hybridized carbons (Fsp3) is 0.714. The SMILES string of the molecule is N[C@H]1CCN(C2CCC(Nc3ncccn3)CC2)C1. The molecule has 0 amide bonds. The molecule has 1 aliphatic carbocycles. The van der Waals surface area contributed by atoms with E-state index in [0.29, 0.717) is 12.1 Å². The van der Waals surface area contributed by atoms with Gasteiger partial charge in [0.25, 0.3) is 0 Å². The fourth-order valence-corrected chi connectivity index (χ4v) is 3.29. The number of nitrogens with one attached hydrogen (secondary N) is 1. The molecule has 2 heterocycles. The molecular formula is C14H23N5. The smallest absolute Gasteiger partial charge is 0.222 e. The normalized spacial score (nSPS) is 32.4. The van der Waals surface area contributed by atoms with Crippen molar-refractivity contribution in [3.05, 3.63) is 18.5 Å². The summed E-state index contributed by atoms with van der Waals surface area (Å²) in [6.45, 7) is 2.27. The second-order valence-corrected chi connectivity index (χ2v) is 5.77. The van der Waals surface area contributed by atoms with Gasteiger partial charge in [0.2, 0.25) is 5.95 Å². The summed E-state index contributed by atoms with van der Waals surface area (Å²) in [4.78, 5) is 11.0. The molecule has 0 spiro atoms. The van der Waals surface area contributed by atoms with Crippen LogP contribution >= 0.6 is 0 Å². The summed E-state index contributed by atoms with van der Waals surface area (Å²) in [6, 6.07) is 3.50. The van der Waals surface area contributed by atoms with Gasteiger partial charge in [-0.25, -0.2) is 9.97 Å². The van der Waals surface area contributed by atoms with Gasteiger partial charge in [-0.2, -0.15) is 0 Å². The van der Waals surface area contributed by atoms with Crippen LogP contribution in [0, 0.1) is 0 Å². The first-order valence-corrected chi connectivity index (χ1v) is 7.34. The van der Waals surface area contributed by atoms with Gasteiger partial charge in [0, 0.05) is 43.6 Å². The van der Waals surface area contributed by atoms with Crippen LogP contribution in [-0.4, -0.2) is 46.1 Å². The summed E-state index contributed by atoms with van der Waals surface area (Å²) in [7, 11) is 0. The minimum absolute atomic E-state index is 0.397. The molecule has 2 fully saturated rings. The molecule has 1 aromatic rings. The molecule has 2 aliphatic rings. The lowest BCUT2D eigenvalue weighted by Crippen LogP contribution is -2.40. The van der Waals surface area contributed by atoms with Crippen LogP contribution in [0.15, 0.2) is 18.5 Å². The predicted molar refractivity (Wildman–Crippen MR) is 75.9 cm³/mol. The van der Waals surface area contributed by atoms with Crippen molar-refractivity contribution in [3.8, 4) is 0 Å². The second-order valence-electron chi connectivity index (χ2n) is 5.77. The van der Waals surface area contributed by atoms with Gasteiger partial charge in [-0.05, 0) is 38.2 Å². The number of anilines is 1. The lowest BCUT2D eigenvalue weighted by atomic mass is 9.90. The molecular weight excluding hydrogens is 238 g/mol. The largest absolute Gasteiger partial charge is 0.351 e. The molecule has 1 saturated heterocycles. The molecule has 104 valence electrons. The quantitative estimate of drug-likeness (QED) is 0.856. The minimum Gasteiger partial charge on any atom is -0.351 e. The molecule has 5 nitrogen and oxygen atoms in total. The third-order valence-electron chi connectivity index (χ3n) is 4.37. The predicted octanol–water partition coefficient (Wildman–Crippen LogP) is 1.23. The van der Waals surface area contributed by atoms with Gasteiger partial charge in [-0.3, -0.25) is 4.90 Å². The number of hydrogen-bond donors (Lipinski definition) is 2. The van der Waals surface area contributed by atoms with Gasteiger partial charge in [-0.15, -0.1) is 0 Å². The van der Waals surface area contributed by atoms with Crippen LogP contribution in [-0.2, 0) is 0 Å². The summed E-state index contributed by atoms with van der Waals surface area (Å²) < 4.78 is 0. The number of likely N-dealkylation sites (tertiary alicyclic amines) is 1. The molecule has 1 atom stereocenters. The Bertz CT molecular complexity index is 388. The highest BCUT2D eigenvalue weighted by Gasteiger charge is 2.29. The van der Waals surface area contributed by atoms with E-state index in [1.165, 1.54) is 32.2 Å². The van der Waals surface area contributed by atoms with Crippen molar-refractivity contribution in [2.24, 2.45) is 5.73 Å². The average Bonchev–Trinajstić information content (AvgIpc) is 2.87. The lowest BCUT2D eigenvalue weighted by Gasteiger charge is -2.34. The van der Waals surface area contributed by atoms with E-state index in [4.69, 9.17) is 5.73 Å². The molecule has 0 radical (unpaired) electrons. The minimum atomic E-state index is 0.397. The Morgan fingerprint density at radius 2 is 1.84 bits per heavy atom. The number of rotatable bonds is 3. The zero-order valence-electron chi connectivity index (χ0n) is 11.3. The van der Waals surface area contributed by atoms with E-state index < -0.39 is 0 Å². The molecule has 5 heteroatoms. The molecule has 0 aromatic carbocycles. The van der Waals surface area contributed by atoms with E-state index in [1.807, 2.05) is 6.07 Å². The first kappa shape index (κ1) is 12.8. The maximum absolute atomic E-state index is 5.99. The molecule has 3 rings (SSSR count). The van der Waals surface area contributed by atoms with Crippen molar-refractivity contribution in [1.29, 1.82) is 0 Å². The van der Waals surface area contributed by atoms with Crippen molar-refractivity contribution >= 4 is 5.95 Å². The van der Waals surface area contributed by atoms with Crippen LogP contribution in [0.3, 0.4) is 0 Å². The molecule has 3 N–H and O–H groups in total. The maximum atomic E-state index is 5.99. The summed E-state index contributed by atoms with van der Waals surface area (Å²) >= 11 is 0. The Morgan fingerprint density at radius 1 is 1.11 bits per heavy atom. The summed E-state index contributed by atoms with van der Waals surface area (Å²) in [5.74, 6) is 0.758. The summed E-state index contributed by atoms with van der Waals surface area (Å²) in [6.07, 6.45) is 9.66. The van der Waals surface area contributed by atoms with Gasteiger partial charge < -0.3 is 11.1 Å². The molecule has 1 saturated carbocycles. The molecule has 1 aromatic heterocycles. The molecule has 19 heavy (non-hydrogen) atoms. The highest BCUT2D eigenvalue weighted by Crippen LogP contribution is 2.26. The standard InChI is InChI=1S/C14H23N5/c15-11-6-9-19(10-11)13-4-2-12(3-5-13)18-14-16-7-1-8-17-14/h1,7-8,11-13H,2-6,9-10,15H2,(H,16,17,18)/t11-,12?,13?/m0/s1. The number of nitrogens with zero attached hydrogens (tertiary/aromatic N) is 3. The Kier molecular flexibility index (Phi) is 3.94. The van der Waals surface area contributed by atoms with Crippen molar-refractivity contribution in [2.75, 3.05) is 18.4 Å². The van der Waals surface area contributed by atoms with E-state index in [9.17, 15) is 0 Å². The summed E-state index contributed by atoms with van der Waals surface area (Å²) in [5, 5.41) is 3.44. The first-order valence-electron chi connectivity index (χ1n) is 7.34. The van der Waals surface area contributed by atoms with E-state index in [2.05, 4.69) is 20.2 Å². The molecule has 0 bridgehead atoms. The van der Waals surface area contributed by atoms with Crippen molar-refractivity contribution in [2.45, 2.75) is 50.2 Å². The first-order chi connectivity index (χ1) is 9.31. The number of nitrogens with two attached hydrogens (primary N) is 1. The van der Waals surface area contributed by atoms with Gasteiger partial charge >= 0.3 is 0 Å². The van der Waals surface area contributed by atoms with Gasteiger partial charge in [0.05, 0.1) is 0 Å². The van der Waals surface area contributed by atoms with E-state index >= 15 is 0 Å². The van der Waals surface area contributed by atoms with Crippen LogP contribution in [0.5, 0.6) is 0 Å². The number of hydrogen-bond acceptors (Lipinski definition) is 5. The van der Waals surface area contributed by atoms with Gasteiger partial charge in [-0.1, -0.05) is 0 Å². The highest BCUT2D eigenvalue weighted by atomic mass is 15.2. The van der Waals surface area contributed by atoms with Crippen LogP contribution in [0.25, 0.3) is 0 Å². The topological polar surface area (TPSA) is 67.1 Å². The molecule has 0 unspecified atom stereocenters. The van der Waals surface area contributed by atoms with Crippen LogP contribution in [0.4, 0.5) is 5.95 Å². The van der Waals surface area contributed by atoms with E-state index in [-0.39, 0.29) is 0 Å². The van der Waals surface area contributed by atoms with Crippen LogP contribution in [0.1, 0.15) is 32.1 Å². The number of aromatic nitrogens is 2. The van der Waals surface area contributed by atoms with Gasteiger partial charge in [0.1, 0.15) is 0 Å². The Labute approximate surface area is 114 Å². The van der Waals surface area contributed by atoms with Crippen LogP contribution in [0.2, 0.25) is 0 Å². The van der Waals surface area contributed by atoms with Gasteiger partial charge in [0.15, 0.2) is 0 Å². The zero-order chi connectivity index (χ0) is 13.1. The van der Waals surface area contributed by atoms with E-state index in [1.54, 1.807) is 12.4 Å². The van der Waals surface area contributed by atoms with Crippen molar-refractivity contribution in [1.82, 2.24) is 14.9 Å². The third kappa shape index (κ3) is 3.22. The Morgan fingerprint density at radius 3 is 2.47 bits per heavy atom. The Balaban J connectivity index is 1.47.